The Morgan fingerprint density at radius 2 is 1.85 bits per heavy atom. The lowest BCUT2D eigenvalue weighted by molar-refractivity contribution is 0.412. The van der Waals surface area contributed by atoms with Gasteiger partial charge < -0.3 is 10.1 Å². The molecule has 106 valence electrons. The molecule has 0 aliphatic heterocycles. The quantitative estimate of drug-likeness (QED) is 0.712. The van der Waals surface area contributed by atoms with E-state index >= 15 is 0 Å². The highest BCUT2D eigenvalue weighted by molar-refractivity contribution is 9.11. The van der Waals surface area contributed by atoms with Crippen molar-refractivity contribution >= 4 is 37.5 Å². The molecule has 2 rings (SSSR count). The molecule has 2 nitrogen and oxygen atoms in total. The van der Waals surface area contributed by atoms with Gasteiger partial charge in [-0.05, 0) is 55.3 Å². The first-order valence-electron chi connectivity index (χ1n) is 6.37. The van der Waals surface area contributed by atoms with Crippen LogP contribution in [-0.4, -0.2) is 7.11 Å². The molecule has 2 aromatic rings. The molecular weight excluding hydrogens is 382 g/mol. The van der Waals surface area contributed by atoms with Crippen molar-refractivity contribution in [1.82, 2.24) is 0 Å². The van der Waals surface area contributed by atoms with Crippen molar-refractivity contribution < 1.29 is 4.74 Å². The lowest BCUT2D eigenvalue weighted by Gasteiger charge is -2.18. The summed E-state index contributed by atoms with van der Waals surface area (Å²) in [5.74, 6) is 0.910. The predicted molar refractivity (Wildman–Crippen MR) is 91.6 cm³/mol. The van der Waals surface area contributed by atoms with Gasteiger partial charge in [-0.1, -0.05) is 37.9 Å². The minimum absolute atomic E-state index is 0.213. The van der Waals surface area contributed by atoms with Gasteiger partial charge in [0.05, 0.1) is 7.11 Å². The van der Waals surface area contributed by atoms with E-state index in [4.69, 9.17) is 4.74 Å². The van der Waals surface area contributed by atoms with Gasteiger partial charge in [-0.15, -0.1) is 0 Å². The number of nitrogens with one attached hydrogen (secondary N) is 1. The fourth-order valence-electron chi connectivity index (χ4n) is 2.15. The first-order valence-corrected chi connectivity index (χ1v) is 7.96. The molecule has 1 atom stereocenters. The summed E-state index contributed by atoms with van der Waals surface area (Å²) in [5, 5.41) is 3.51. The maximum atomic E-state index is 5.28. The summed E-state index contributed by atoms with van der Waals surface area (Å²) in [7, 11) is 1.69. The Hall–Kier alpha value is -1.000. The number of hydrogen-bond donors (Lipinski definition) is 1. The summed E-state index contributed by atoms with van der Waals surface area (Å²) in [5.41, 5.74) is 3.44. The van der Waals surface area contributed by atoms with Crippen LogP contribution >= 0.6 is 31.9 Å². The number of aryl methyl sites for hydroxylation is 1. The molecule has 0 saturated carbocycles. The van der Waals surface area contributed by atoms with Crippen molar-refractivity contribution in [3.63, 3.8) is 0 Å². The van der Waals surface area contributed by atoms with Crippen LogP contribution in [0.3, 0.4) is 0 Å². The molecule has 20 heavy (non-hydrogen) atoms. The Kier molecular flexibility index (Phi) is 5.11. The molecule has 0 amide bonds. The van der Waals surface area contributed by atoms with Crippen LogP contribution < -0.4 is 10.1 Å². The first kappa shape index (κ1) is 15.4. The SMILES string of the molecule is COc1ccc(NC(C)c2ccc(Br)cc2Br)cc1C. The summed E-state index contributed by atoms with van der Waals surface area (Å²) < 4.78 is 7.45. The molecule has 0 bridgehead atoms. The van der Waals surface area contributed by atoms with Crippen LogP contribution in [0.2, 0.25) is 0 Å². The van der Waals surface area contributed by atoms with Crippen LogP contribution in [0.1, 0.15) is 24.1 Å². The zero-order chi connectivity index (χ0) is 14.7. The van der Waals surface area contributed by atoms with Gasteiger partial charge in [-0.2, -0.15) is 0 Å². The van der Waals surface area contributed by atoms with E-state index < -0.39 is 0 Å². The van der Waals surface area contributed by atoms with Gasteiger partial charge in [0.2, 0.25) is 0 Å². The highest BCUT2D eigenvalue weighted by Crippen LogP contribution is 2.30. The Bertz CT molecular complexity index is 613. The van der Waals surface area contributed by atoms with Crippen molar-refractivity contribution in [2.45, 2.75) is 19.9 Å². The number of methoxy groups -OCH3 is 1. The van der Waals surface area contributed by atoms with Crippen LogP contribution in [0.15, 0.2) is 45.3 Å². The molecule has 0 fully saturated rings. The minimum Gasteiger partial charge on any atom is -0.496 e. The Labute approximate surface area is 136 Å². The maximum Gasteiger partial charge on any atom is 0.121 e. The Morgan fingerprint density at radius 1 is 1.10 bits per heavy atom. The Morgan fingerprint density at radius 3 is 2.45 bits per heavy atom. The molecule has 2 aromatic carbocycles. The first-order chi connectivity index (χ1) is 9.51. The van der Waals surface area contributed by atoms with Gasteiger partial charge in [0.1, 0.15) is 5.75 Å². The van der Waals surface area contributed by atoms with Crippen molar-refractivity contribution in [1.29, 1.82) is 0 Å². The second kappa shape index (κ2) is 6.64. The van der Waals surface area contributed by atoms with E-state index in [0.29, 0.717) is 0 Å². The summed E-state index contributed by atoms with van der Waals surface area (Å²) in [6.45, 7) is 4.19. The summed E-state index contributed by atoms with van der Waals surface area (Å²) in [4.78, 5) is 0. The van der Waals surface area contributed by atoms with Crippen molar-refractivity contribution in [2.75, 3.05) is 12.4 Å². The van der Waals surface area contributed by atoms with E-state index in [9.17, 15) is 0 Å². The molecule has 0 saturated heterocycles. The van der Waals surface area contributed by atoms with Crippen LogP contribution in [0.5, 0.6) is 5.75 Å². The van der Waals surface area contributed by atoms with Gasteiger partial charge in [-0.3, -0.25) is 0 Å². The van der Waals surface area contributed by atoms with Crippen LogP contribution in [0, 0.1) is 6.92 Å². The fraction of sp³-hybridized carbons (Fsp3) is 0.250. The molecule has 0 spiro atoms. The average Bonchev–Trinajstić information content (AvgIpc) is 2.38. The lowest BCUT2D eigenvalue weighted by Crippen LogP contribution is -2.07. The third-order valence-electron chi connectivity index (χ3n) is 3.21. The number of rotatable bonds is 4. The molecule has 4 heteroatoms. The highest BCUT2D eigenvalue weighted by atomic mass is 79.9. The fourth-order valence-corrected chi connectivity index (χ4v) is 3.54. The second-order valence-corrected chi connectivity index (χ2v) is 6.49. The van der Waals surface area contributed by atoms with E-state index in [1.54, 1.807) is 7.11 Å². The summed E-state index contributed by atoms with van der Waals surface area (Å²) in [6, 6.07) is 12.6. The predicted octanol–water partition coefficient (Wildman–Crippen LogP) is 5.70. The smallest absolute Gasteiger partial charge is 0.121 e. The zero-order valence-electron chi connectivity index (χ0n) is 11.7. The van der Waals surface area contributed by atoms with Crippen LogP contribution in [0.25, 0.3) is 0 Å². The lowest BCUT2D eigenvalue weighted by atomic mass is 10.1. The molecule has 1 unspecified atom stereocenters. The minimum atomic E-state index is 0.213. The number of halogens is 2. The van der Waals surface area contributed by atoms with Gasteiger partial charge >= 0.3 is 0 Å². The van der Waals surface area contributed by atoms with Gasteiger partial charge in [0.25, 0.3) is 0 Å². The van der Waals surface area contributed by atoms with Crippen LogP contribution in [0.4, 0.5) is 5.69 Å². The number of ether oxygens (including phenoxy) is 1. The van der Waals surface area contributed by atoms with E-state index in [1.807, 2.05) is 19.1 Å². The normalized spacial score (nSPS) is 12.1. The zero-order valence-corrected chi connectivity index (χ0v) is 14.9. The second-order valence-electron chi connectivity index (χ2n) is 4.72. The van der Waals surface area contributed by atoms with Gasteiger partial charge in [0, 0.05) is 20.7 Å². The monoisotopic (exact) mass is 397 g/mol. The average molecular weight is 399 g/mol. The summed E-state index contributed by atoms with van der Waals surface area (Å²) in [6.07, 6.45) is 0. The molecule has 0 heterocycles. The van der Waals surface area contributed by atoms with E-state index in [1.165, 1.54) is 5.56 Å². The topological polar surface area (TPSA) is 21.3 Å². The largest absolute Gasteiger partial charge is 0.496 e. The highest BCUT2D eigenvalue weighted by Gasteiger charge is 2.10. The maximum absolute atomic E-state index is 5.28. The Balaban J connectivity index is 2.18. The molecule has 1 N–H and O–H groups in total. The molecule has 0 radical (unpaired) electrons. The van der Waals surface area contributed by atoms with E-state index in [-0.39, 0.29) is 6.04 Å². The van der Waals surface area contributed by atoms with Gasteiger partial charge in [0.15, 0.2) is 0 Å². The van der Waals surface area contributed by atoms with Crippen molar-refractivity contribution in [3.05, 3.63) is 56.5 Å². The molecule has 0 aliphatic rings. The molecule has 0 aliphatic carbocycles. The third kappa shape index (κ3) is 3.55. The van der Waals surface area contributed by atoms with Gasteiger partial charge in [-0.25, -0.2) is 0 Å². The van der Waals surface area contributed by atoms with E-state index in [0.717, 1.165) is 25.9 Å². The number of hydrogen-bond acceptors (Lipinski definition) is 2. The third-order valence-corrected chi connectivity index (χ3v) is 4.39. The number of benzene rings is 2. The van der Waals surface area contributed by atoms with Crippen molar-refractivity contribution in [2.24, 2.45) is 0 Å². The van der Waals surface area contributed by atoms with Crippen molar-refractivity contribution in [3.8, 4) is 5.75 Å². The standard InChI is InChI=1S/C16H17Br2NO/c1-10-8-13(5-7-16(10)20-3)19-11(2)14-6-4-12(17)9-15(14)18/h4-9,11,19H,1-3H3. The summed E-state index contributed by atoms with van der Waals surface area (Å²) >= 11 is 7.08. The van der Waals surface area contributed by atoms with E-state index in [2.05, 4.69) is 68.4 Å². The molecule has 0 aromatic heterocycles. The number of anilines is 1. The molecular formula is C16H17Br2NO. The van der Waals surface area contributed by atoms with Crippen LogP contribution in [-0.2, 0) is 0 Å².